The van der Waals surface area contributed by atoms with Crippen LogP contribution in [0.5, 0.6) is 0 Å². The van der Waals surface area contributed by atoms with Crippen LogP contribution in [0.25, 0.3) is 0 Å². The van der Waals surface area contributed by atoms with Gasteiger partial charge in [0.05, 0.1) is 6.61 Å². The van der Waals surface area contributed by atoms with Crippen LogP contribution < -0.4 is 0 Å². The Hall–Kier alpha value is -0.940. The van der Waals surface area contributed by atoms with Gasteiger partial charge in [-0.25, -0.2) is 9.78 Å². The minimum atomic E-state index is -0.352. The van der Waals surface area contributed by atoms with Gasteiger partial charge in [0.1, 0.15) is 10.6 Å². The number of rotatable bonds is 3. The van der Waals surface area contributed by atoms with E-state index in [9.17, 15) is 4.79 Å². The lowest BCUT2D eigenvalue weighted by atomic mass is 9.97. The Morgan fingerprint density at radius 3 is 3.12 bits per heavy atom. The van der Waals surface area contributed by atoms with E-state index in [0.717, 1.165) is 30.9 Å². The molecule has 94 valence electrons. The molecule has 0 aliphatic carbocycles. The third kappa shape index (κ3) is 2.66. The van der Waals surface area contributed by atoms with Gasteiger partial charge in [-0.3, -0.25) is 0 Å². The van der Waals surface area contributed by atoms with Crippen LogP contribution in [0.1, 0.15) is 48.6 Å². The van der Waals surface area contributed by atoms with Crippen LogP contribution in [-0.2, 0) is 15.1 Å². The first kappa shape index (κ1) is 12.5. The summed E-state index contributed by atoms with van der Waals surface area (Å²) in [6.45, 7) is 4.97. The van der Waals surface area contributed by atoms with Crippen molar-refractivity contribution in [3.8, 4) is 0 Å². The molecule has 0 saturated carbocycles. The lowest BCUT2D eigenvalue weighted by Gasteiger charge is -2.31. The SMILES string of the molecule is CCOC(=O)c1csc(C2(C)CCCCO2)n1. The van der Waals surface area contributed by atoms with Crippen LogP contribution in [0, 0.1) is 0 Å². The highest BCUT2D eigenvalue weighted by Crippen LogP contribution is 2.36. The molecule has 1 unspecified atom stereocenters. The predicted molar refractivity (Wildman–Crippen MR) is 65.2 cm³/mol. The molecule has 1 atom stereocenters. The van der Waals surface area contributed by atoms with Gasteiger partial charge < -0.3 is 9.47 Å². The Morgan fingerprint density at radius 2 is 2.47 bits per heavy atom. The van der Waals surface area contributed by atoms with E-state index in [1.807, 2.05) is 6.92 Å². The number of ether oxygens (including phenoxy) is 2. The molecule has 1 aromatic rings. The molecule has 1 aliphatic heterocycles. The first-order chi connectivity index (χ1) is 8.15. The summed E-state index contributed by atoms with van der Waals surface area (Å²) in [6.07, 6.45) is 3.21. The summed E-state index contributed by atoms with van der Waals surface area (Å²) in [5.41, 5.74) is 0.0652. The zero-order valence-corrected chi connectivity index (χ0v) is 11.0. The Morgan fingerprint density at radius 1 is 1.65 bits per heavy atom. The Kier molecular flexibility index (Phi) is 3.79. The number of hydrogen-bond acceptors (Lipinski definition) is 5. The van der Waals surface area contributed by atoms with Gasteiger partial charge in [-0.15, -0.1) is 11.3 Å². The number of carbonyl (C=O) groups is 1. The first-order valence-electron chi connectivity index (χ1n) is 5.93. The zero-order chi connectivity index (χ0) is 12.3. The molecule has 0 spiro atoms. The van der Waals surface area contributed by atoms with E-state index in [1.165, 1.54) is 11.3 Å². The standard InChI is InChI=1S/C12H17NO3S/c1-3-15-10(14)9-8-17-11(13-9)12(2)6-4-5-7-16-12/h8H,3-7H2,1-2H3. The number of nitrogens with zero attached hydrogens (tertiary/aromatic N) is 1. The normalized spacial score (nSPS) is 24.6. The molecule has 4 nitrogen and oxygen atoms in total. The van der Waals surface area contributed by atoms with E-state index in [2.05, 4.69) is 4.98 Å². The van der Waals surface area contributed by atoms with Crippen molar-refractivity contribution in [2.24, 2.45) is 0 Å². The highest BCUT2D eigenvalue weighted by atomic mass is 32.1. The van der Waals surface area contributed by atoms with Gasteiger partial charge in [0.2, 0.25) is 0 Å². The van der Waals surface area contributed by atoms with Gasteiger partial charge in [-0.05, 0) is 33.1 Å². The number of carbonyl (C=O) groups excluding carboxylic acids is 1. The summed E-state index contributed by atoms with van der Waals surface area (Å²) in [7, 11) is 0. The number of esters is 1. The van der Waals surface area contributed by atoms with Crippen LogP contribution in [0.15, 0.2) is 5.38 Å². The van der Waals surface area contributed by atoms with Crippen LogP contribution >= 0.6 is 11.3 Å². The molecular formula is C12H17NO3S. The maximum atomic E-state index is 11.5. The molecule has 1 aromatic heterocycles. The van der Waals surface area contributed by atoms with Crippen molar-refractivity contribution in [3.05, 3.63) is 16.1 Å². The average Bonchev–Trinajstić information content (AvgIpc) is 2.80. The van der Waals surface area contributed by atoms with Gasteiger partial charge in [-0.2, -0.15) is 0 Å². The smallest absolute Gasteiger partial charge is 0.357 e. The van der Waals surface area contributed by atoms with Crippen molar-refractivity contribution >= 4 is 17.3 Å². The van der Waals surface area contributed by atoms with E-state index in [0.29, 0.717) is 12.3 Å². The molecule has 0 radical (unpaired) electrons. The molecular weight excluding hydrogens is 238 g/mol. The zero-order valence-electron chi connectivity index (χ0n) is 10.2. The van der Waals surface area contributed by atoms with E-state index in [-0.39, 0.29) is 11.6 Å². The molecule has 2 heterocycles. The van der Waals surface area contributed by atoms with Crippen LogP contribution in [0.2, 0.25) is 0 Å². The van der Waals surface area contributed by atoms with E-state index in [4.69, 9.17) is 9.47 Å². The van der Waals surface area contributed by atoms with E-state index in [1.54, 1.807) is 12.3 Å². The van der Waals surface area contributed by atoms with E-state index < -0.39 is 0 Å². The van der Waals surface area contributed by atoms with Crippen LogP contribution in [-0.4, -0.2) is 24.2 Å². The molecule has 0 N–H and O–H groups in total. The molecule has 0 aromatic carbocycles. The van der Waals surface area contributed by atoms with Gasteiger partial charge in [0, 0.05) is 12.0 Å². The number of hydrogen-bond donors (Lipinski definition) is 0. The van der Waals surface area contributed by atoms with Crippen molar-refractivity contribution in [2.45, 2.75) is 38.7 Å². The summed E-state index contributed by atoms with van der Waals surface area (Å²) >= 11 is 1.47. The highest BCUT2D eigenvalue weighted by molar-refractivity contribution is 7.10. The van der Waals surface area contributed by atoms with Gasteiger partial charge in [0.15, 0.2) is 5.69 Å². The molecule has 5 heteroatoms. The lowest BCUT2D eigenvalue weighted by molar-refractivity contribution is -0.0702. The summed E-state index contributed by atoms with van der Waals surface area (Å²) in [5.74, 6) is -0.352. The van der Waals surface area contributed by atoms with Gasteiger partial charge in [0.25, 0.3) is 0 Å². The predicted octanol–water partition coefficient (Wildman–Crippen LogP) is 2.74. The topological polar surface area (TPSA) is 48.4 Å². The monoisotopic (exact) mass is 255 g/mol. The molecule has 2 rings (SSSR count). The second-order valence-electron chi connectivity index (χ2n) is 4.29. The molecule has 1 aliphatic rings. The Labute approximate surface area is 105 Å². The third-order valence-corrected chi connectivity index (χ3v) is 4.00. The fourth-order valence-corrected chi connectivity index (χ4v) is 2.85. The maximum Gasteiger partial charge on any atom is 0.357 e. The fraction of sp³-hybridized carbons (Fsp3) is 0.667. The summed E-state index contributed by atoms with van der Waals surface area (Å²) < 4.78 is 10.7. The number of thiazole rings is 1. The third-order valence-electron chi connectivity index (χ3n) is 2.91. The van der Waals surface area contributed by atoms with Crippen molar-refractivity contribution in [3.63, 3.8) is 0 Å². The van der Waals surface area contributed by atoms with Crippen molar-refractivity contribution in [2.75, 3.05) is 13.2 Å². The van der Waals surface area contributed by atoms with Crippen molar-refractivity contribution in [1.29, 1.82) is 0 Å². The second kappa shape index (κ2) is 5.14. The number of aromatic nitrogens is 1. The Bertz CT molecular complexity index is 396. The maximum absolute atomic E-state index is 11.5. The summed E-state index contributed by atoms with van der Waals surface area (Å²) in [6, 6.07) is 0. The summed E-state index contributed by atoms with van der Waals surface area (Å²) in [4.78, 5) is 15.9. The lowest BCUT2D eigenvalue weighted by Crippen LogP contribution is -2.30. The fourth-order valence-electron chi connectivity index (χ4n) is 1.92. The largest absolute Gasteiger partial charge is 0.461 e. The van der Waals surface area contributed by atoms with Crippen LogP contribution in [0.4, 0.5) is 0 Å². The highest BCUT2D eigenvalue weighted by Gasteiger charge is 2.33. The molecule has 1 fully saturated rings. The quantitative estimate of drug-likeness (QED) is 0.779. The van der Waals surface area contributed by atoms with E-state index >= 15 is 0 Å². The molecule has 0 bridgehead atoms. The minimum absolute atomic E-state index is 0.326. The summed E-state index contributed by atoms with van der Waals surface area (Å²) in [5, 5.41) is 2.62. The second-order valence-corrected chi connectivity index (χ2v) is 5.15. The molecule has 0 amide bonds. The van der Waals surface area contributed by atoms with Gasteiger partial charge >= 0.3 is 5.97 Å². The molecule has 17 heavy (non-hydrogen) atoms. The Balaban J connectivity index is 2.14. The van der Waals surface area contributed by atoms with Crippen molar-refractivity contribution in [1.82, 2.24) is 4.98 Å². The first-order valence-corrected chi connectivity index (χ1v) is 6.81. The average molecular weight is 255 g/mol. The van der Waals surface area contributed by atoms with Crippen molar-refractivity contribution < 1.29 is 14.3 Å². The molecule has 1 saturated heterocycles. The van der Waals surface area contributed by atoms with Gasteiger partial charge in [-0.1, -0.05) is 0 Å². The minimum Gasteiger partial charge on any atom is -0.461 e. The van der Waals surface area contributed by atoms with Crippen LogP contribution in [0.3, 0.4) is 0 Å².